The topological polar surface area (TPSA) is 62.3 Å². The van der Waals surface area contributed by atoms with Gasteiger partial charge in [0.1, 0.15) is 6.54 Å². The lowest BCUT2D eigenvalue weighted by molar-refractivity contribution is -0.121. The minimum absolute atomic E-state index is 0.00187. The van der Waals surface area contributed by atoms with Gasteiger partial charge in [0, 0.05) is 17.0 Å². The number of rotatable bonds is 2. The molecule has 1 aliphatic rings. The van der Waals surface area contributed by atoms with Crippen LogP contribution in [0.3, 0.4) is 0 Å². The first-order valence-corrected chi connectivity index (χ1v) is 7.69. The molecule has 2 heterocycles. The second-order valence-corrected chi connectivity index (χ2v) is 6.63. The Morgan fingerprint density at radius 1 is 1.35 bits per heavy atom. The minimum atomic E-state index is -1.08. The van der Waals surface area contributed by atoms with Crippen LogP contribution in [0.25, 0.3) is 0 Å². The normalized spacial score (nSPS) is 13.7. The van der Waals surface area contributed by atoms with Crippen LogP contribution in [-0.4, -0.2) is 23.3 Å². The van der Waals surface area contributed by atoms with Crippen molar-refractivity contribution in [2.24, 2.45) is 0 Å². The van der Waals surface area contributed by atoms with Crippen LogP contribution < -0.4 is 10.2 Å². The number of thiazole rings is 1. The first-order chi connectivity index (χ1) is 10.8. The molecule has 0 fully saturated rings. The van der Waals surface area contributed by atoms with Gasteiger partial charge < -0.3 is 10.2 Å². The van der Waals surface area contributed by atoms with Crippen LogP contribution in [0.4, 0.5) is 20.2 Å². The molecule has 8 heteroatoms. The van der Waals surface area contributed by atoms with Gasteiger partial charge in [0.05, 0.1) is 28.5 Å². The zero-order valence-electron chi connectivity index (χ0n) is 12.4. The van der Waals surface area contributed by atoms with E-state index in [1.54, 1.807) is 0 Å². The quantitative estimate of drug-likeness (QED) is 0.916. The summed E-state index contributed by atoms with van der Waals surface area (Å²) in [6, 6.07) is 1.79. The second-order valence-electron chi connectivity index (χ2n) is 5.22. The Morgan fingerprint density at radius 3 is 2.70 bits per heavy atom. The molecule has 1 aromatic carbocycles. The zero-order valence-corrected chi connectivity index (χ0v) is 13.3. The van der Waals surface area contributed by atoms with E-state index in [1.165, 1.54) is 11.3 Å². The van der Waals surface area contributed by atoms with Gasteiger partial charge in [0.15, 0.2) is 11.6 Å². The van der Waals surface area contributed by atoms with Crippen molar-refractivity contribution in [1.29, 1.82) is 0 Å². The lowest BCUT2D eigenvalue weighted by Crippen LogP contribution is -2.43. The molecular weight excluding hydrogens is 324 g/mol. The van der Waals surface area contributed by atoms with E-state index in [2.05, 4.69) is 10.3 Å². The number of amides is 2. The number of fused-ring (bicyclic) bond motifs is 1. The van der Waals surface area contributed by atoms with E-state index in [-0.39, 0.29) is 30.2 Å². The maximum atomic E-state index is 13.5. The standard InChI is InChI=1S/C15H13F2N3O2S/c1-7-11(18-8(2)23-7)5-15(22)20-6-14(21)19-12-3-9(16)10(17)4-13(12)20/h3-4H,5-6H2,1-2H3,(H,19,21). The number of benzene rings is 1. The monoisotopic (exact) mass is 337 g/mol. The molecule has 0 saturated carbocycles. The molecule has 1 N–H and O–H groups in total. The van der Waals surface area contributed by atoms with Crippen molar-refractivity contribution in [3.63, 3.8) is 0 Å². The van der Waals surface area contributed by atoms with Crippen molar-refractivity contribution in [1.82, 2.24) is 4.98 Å². The number of nitrogens with zero attached hydrogens (tertiary/aromatic N) is 2. The van der Waals surface area contributed by atoms with Crippen LogP contribution in [0.5, 0.6) is 0 Å². The van der Waals surface area contributed by atoms with Crippen LogP contribution in [0.2, 0.25) is 0 Å². The summed E-state index contributed by atoms with van der Waals surface area (Å²) in [5.74, 6) is -2.99. The molecule has 0 aliphatic carbocycles. The number of halogens is 2. The number of hydrogen-bond acceptors (Lipinski definition) is 4. The Bertz CT molecular complexity index is 819. The van der Waals surface area contributed by atoms with Crippen molar-refractivity contribution in [2.75, 3.05) is 16.8 Å². The summed E-state index contributed by atoms with van der Waals surface area (Å²) in [6.07, 6.45) is 0.00187. The van der Waals surface area contributed by atoms with E-state index in [4.69, 9.17) is 0 Å². The molecule has 23 heavy (non-hydrogen) atoms. The van der Waals surface area contributed by atoms with Crippen molar-refractivity contribution < 1.29 is 18.4 Å². The number of anilines is 2. The van der Waals surface area contributed by atoms with Gasteiger partial charge in [-0.3, -0.25) is 9.59 Å². The molecule has 1 aliphatic heterocycles. The molecule has 120 valence electrons. The summed E-state index contributed by atoms with van der Waals surface area (Å²) < 4.78 is 26.8. The van der Waals surface area contributed by atoms with Gasteiger partial charge >= 0.3 is 0 Å². The first kappa shape index (κ1) is 15.5. The highest BCUT2D eigenvalue weighted by Gasteiger charge is 2.29. The van der Waals surface area contributed by atoms with E-state index < -0.39 is 17.5 Å². The van der Waals surface area contributed by atoms with Crippen LogP contribution in [0.15, 0.2) is 12.1 Å². The largest absolute Gasteiger partial charge is 0.323 e. The van der Waals surface area contributed by atoms with E-state index in [1.807, 2.05) is 13.8 Å². The number of carbonyl (C=O) groups excluding carboxylic acids is 2. The third kappa shape index (κ3) is 2.94. The van der Waals surface area contributed by atoms with E-state index in [0.717, 1.165) is 26.9 Å². The first-order valence-electron chi connectivity index (χ1n) is 6.87. The summed E-state index contributed by atoms with van der Waals surface area (Å²) in [6.45, 7) is 3.46. The maximum Gasteiger partial charge on any atom is 0.244 e. The smallest absolute Gasteiger partial charge is 0.244 e. The molecule has 0 saturated heterocycles. The van der Waals surface area contributed by atoms with Crippen LogP contribution in [-0.2, 0) is 16.0 Å². The predicted molar refractivity (Wildman–Crippen MR) is 82.6 cm³/mol. The van der Waals surface area contributed by atoms with E-state index in [0.29, 0.717) is 5.69 Å². The van der Waals surface area contributed by atoms with Crippen molar-refractivity contribution in [3.05, 3.63) is 39.3 Å². The zero-order chi connectivity index (χ0) is 16.7. The number of carbonyl (C=O) groups is 2. The molecule has 0 radical (unpaired) electrons. The second kappa shape index (κ2) is 5.69. The van der Waals surface area contributed by atoms with Gasteiger partial charge in [-0.15, -0.1) is 11.3 Å². The Hall–Kier alpha value is -2.35. The molecular formula is C15H13F2N3O2S. The van der Waals surface area contributed by atoms with Crippen molar-refractivity contribution in [3.8, 4) is 0 Å². The number of hydrogen-bond donors (Lipinski definition) is 1. The van der Waals surface area contributed by atoms with Gasteiger partial charge in [-0.25, -0.2) is 13.8 Å². The fraction of sp³-hybridized carbons (Fsp3) is 0.267. The molecule has 0 unspecified atom stereocenters. The molecule has 2 aromatic rings. The van der Waals surface area contributed by atoms with Gasteiger partial charge in [0.25, 0.3) is 0 Å². The number of aryl methyl sites for hydroxylation is 2. The third-order valence-electron chi connectivity index (χ3n) is 3.52. The van der Waals surface area contributed by atoms with Gasteiger partial charge in [-0.2, -0.15) is 0 Å². The van der Waals surface area contributed by atoms with E-state index >= 15 is 0 Å². The SMILES string of the molecule is Cc1nc(CC(=O)N2CC(=O)Nc3cc(F)c(F)cc32)c(C)s1. The summed E-state index contributed by atoms with van der Waals surface area (Å²) in [5, 5.41) is 3.28. The summed E-state index contributed by atoms with van der Waals surface area (Å²) in [4.78, 5) is 30.6. The molecule has 2 amide bonds. The van der Waals surface area contributed by atoms with Gasteiger partial charge in [0.2, 0.25) is 11.8 Å². The number of aromatic nitrogens is 1. The summed E-state index contributed by atoms with van der Waals surface area (Å²) in [7, 11) is 0. The van der Waals surface area contributed by atoms with E-state index in [9.17, 15) is 18.4 Å². The molecule has 5 nitrogen and oxygen atoms in total. The minimum Gasteiger partial charge on any atom is -0.323 e. The Labute approximate surface area is 134 Å². The number of nitrogens with one attached hydrogen (secondary N) is 1. The van der Waals surface area contributed by atoms with Crippen LogP contribution in [0.1, 0.15) is 15.6 Å². The van der Waals surface area contributed by atoms with Crippen LogP contribution >= 0.6 is 11.3 Å². The van der Waals surface area contributed by atoms with Crippen molar-refractivity contribution >= 4 is 34.5 Å². The highest BCUT2D eigenvalue weighted by atomic mass is 32.1. The van der Waals surface area contributed by atoms with Crippen LogP contribution in [0, 0.1) is 25.5 Å². The highest BCUT2D eigenvalue weighted by Crippen LogP contribution is 2.32. The average Bonchev–Trinajstić information content (AvgIpc) is 2.77. The summed E-state index contributed by atoms with van der Waals surface area (Å²) in [5.41, 5.74) is 0.866. The fourth-order valence-corrected chi connectivity index (χ4v) is 3.31. The van der Waals surface area contributed by atoms with Gasteiger partial charge in [-0.05, 0) is 13.8 Å². The lowest BCUT2D eigenvalue weighted by atomic mass is 10.1. The predicted octanol–water partition coefficient (Wildman–Crippen LogP) is 2.57. The molecule has 0 spiro atoms. The summed E-state index contributed by atoms with van der Waals surface area (Å²) >= 11 is 1.48. The maximum absolute atomic E-state index is 13.5. The molecule has 0 bridgehead atoms. The molecule has 1 aromatic heterocycles. The Kier molecular flexibility index (Phi) is 3.85. The Balaban J connectivity index is 1.94. The fourth-order valence-electron chi connectivity index (χ4n) is 2.48. The molecule has 3 rings (SSSR count). The molecule has 0 atom stereocenters. The van der Waals surface area contributed by atoms with Crippen molar-refractivity contribution in [2.45, 2.75) is 20.3 Å². The lowest BCUT2D eigenvalue weighted by Gasteiger charge is -2.29. The average molecular weight is 337 g/mol. The highest BCUT2D eigenvalue weighted by molar-refractivity contribution is 7.11. The third-order valence-corrected chi connectivity index (χ3v) is 4.45. The Morgan fingerprint density at radius 2 is 2.04 bits per heavy atom. The van der Waals surface area contributed by atoms with Gasteiger partial charge in [-0.1, -0.05) is 0 Å².